The van der Waals surface area contributed by atoms with Gasteiger partial charge in [0, 0.05) is 34.1 Å². The van der Waals surface area contributed by atoms with Crippen molar-refractivity contribution >= 4 is 49.6 Å². The first-order valence-corrected chi connectivity index (χ1v) is 16.8. The quantitative estimate of drug-likeness (QED) is 0.108. The normalized spacial score (nSPS) is 10.9. The van der Waals surface area contributed by atoms with E-state index in [1.54, 1.807) is 12.1 Å². The van der Waals surface area contributed by atoms with Crippen molar-refractivity contribution in [1.29, 1.82) is 0 Å². The minimum absolute atomic E-state index is 0.0376. The lowest BCUT2D eigenvalue weighted by molar-refractivity contribution is -0.156. The number of hydrogen-bond donors (Lipinski definition) is 2. The Balaban J connectivity index is 1.60. The molecule has 0 saturated carbocycles. The van der Waals surface area contributed by atoms with Gasteiger partial charge in [0.25, 0.3) is 5.91 Å². The van der Waals surface area contributed by atoms with Gasteiger partial charge < -0.3 is 15.3 Å². The van der Waals surface area contributed by atoms with Crippen LogP contribution in [0.1, 0.15) is 92.6 Å². The number of hydrogen-bond acceptors (Lipinski definition) is 3. The number of aliphatic carboxylic acids is 1. The Kier molecular flexibility index (Phi) is 15.0. The first-order chi connectivity index (χ1) is 20.8. The van der Waals surface area contributed by atoms with Crippen molar-refractivity contribution in [1.82, 2.24) is 10.2 Å². The van der Waals surface area contributed by atoms with Crippen LogP contribution in [0.2, 0.25) is 0 Å². The summed E-state index contributed by atoms with van der Waals surface area (Å²) in [6, 6.07) is 20.9. The van der Waals surface area contributed by atoms with E-state index in [0.717, 1.165) is 29.5 Å². The molecule has 0 unspecified atom stereocenters. The van der Waals surface area contributed by atoms with Crippen molar-refractivity contribution in [3.8, 4) is 11.1 Å². The monoisotopic (exact) mass is 712 g/mol. The molecule has 43 heavy (non-hydrogen) atoms. The van der Waals surface area contributed by atoms with Crippen LogP contribution < -0.4 is 5.32 Å². The summed E-state index contributed by atoms with van der Waals surface area (Å²) in [5, 5.41) is 12.6. The fraction of sp³-hybridized carbons (Fsp3) is 0.400. The third kappa shape index (κ3) is 11.2. The van der Waals surface area contributed by atoms with Crippen LogP contribution in [0.3, 0.4) is 0 Å². The highest BCUT2D eigenvalue weighted by Gasteiger charge is 2.25. The maximum Gasteiger partial charge on any atom is 0.394 e. The molecule has 0 spiro atoms. The van der Waals surface area contributed by atoms with Gasteiger partial charge in [-0.2, -0.15) is 0 Å². The molecule has 0 saturated heterocycles. The van der Waals surface area contributed by atoms with Crippen LogP contribution in [-0.2, 0) is 22.7 Å². The number of amides is 2. The molecule has 0 aromatic heterocycles. The zero-order valence-electron chi connectivity index (χ0n) is 24.9. The van der Waals surface area contributed by atoms with Gasteiger partial charge in [-0.05, 0) is 40.8 Å². The smallest absolute Gasteiger partial charge is 0.394 e. The van der Waals surface area contributed by atoms with Crippen LogP contribution in [0, 0.1) is 0 Å². The second-order valence-electron chi connectivity index (χ2n) is 10.8. The van der Waals surface area contributed by atoms with Crippen LogP contribution in [0.4, 0.5) is 0 Å². The minimum Gasteiger partial charge on any atom is -0.474 e. The van der Waals surface area contributed by atoms with Gasteiger partial charge in [0.2, 0.25) is 0 Å². The number of carboxylic acids is 1. The van der Waals surface area contributed by atoms with E-state index in [-0.39, 0.29) is 19.0 Å². The first kappa shape index (κ1) is 34.5. The molecule has 0 bridgehead atoms. The Labute approximate surface area is 272 Å². The average Bonchev–Trinajstić information content (AvgIpc) is 3.01. The topological polar surface area (TPSA) is 86.7 Å². The maximum atomic E-state index is 12.9. The van der Waals surface area contributed by atoms with Crippen LogP contribution in [0.25, 0.3) is 11.1 Å². The largest absolute Gasteiger partial charge is 0.474 e. The lowest BCUT2D eigenvalue weighted by atomic mass is 9.99. The summed E-state index contributed by atoms with van der Waals surface area (Å²) >= 11 is 7.12. The lowest BCUT2D eigenvalue weighted by Crippen LogP contribution is -2.36. The number of unbranched alkanes of at least 4 members (excludes halogenated alkanes) is 9. The summed E-state index contributed by atoms with van der Waals surface area (Å²) in [6.45, 7) is 3.00. The number of rotatable bonds is 17. The maximum absolute atomic E-state index is 12.9. The number of nitrogens with one attached hydrogen (secondary N) is 1. The molecule has 0 atom stereocenters. The molecule has 2 amide bonds. The molecule has 0 aliphatic rings. The van der Waals surface area contributed by atoms with Gasteiger partial charge in [0.05, 0.1) is 0 Å². The molecule has 0 fully saturated rings. The number of carboxylic acid groups (broad SMARTS) is 1. The lowest BCUT2D eigenvalue weighted by Gasteiger charge is -2.24. The molecule has 3 aromatic rings. The molecule has 0 radical (unpaired) electrons. The zero-order valence-corrected chi connectivity index (χ0v) is 28.1. The van der Waals surface area contributed by atoms with E-state index in [1.807, 2.05) is 54.6 Å². The predicted molar refractivity (Wildman–Crippen MR) is 180 cm³/mol. The summed E-state index contributed by atoms with van der Waals surface area (Å²) in [6.07, 6.45) is 12.4. The van der Waals surface area contributed by atoms with Gasteiger partial charge in [0.15, 0.2) is 0 Å². The molecule has 8 heteroatoms. The van der Waals surface area contributed by atoms with E-state index in [9.17, 15) is 19.5 Å². The van der Waals surface area contributed by atoms with Crippen LogP contribution in [0.15, 0.2) is 75.7 Å². The highest BCUT2D eigenvalue weighted by molar-refractivity contribution is 9.11. The van der Waals surface area contributed by atoms with Gasteiger partial charge in [-0.15, -0.1) is 0 Å². The predicted octanol–water partition coefficient (Wildman–Crippen LogP) is 9.14. The SMILES string of the molecule is CCCCCCCCCCCCNC(=O)c1cc(Br)c(CN(Cc2ccccc2-c2ccccc2)C(=O)C(=O)O)c(Br)c1. The molecule has 0 aliphatic carbocycles. The summed E-state index contributed by atoms with van der Waals surface area (Å²) in [4.78, 5) is 38.7. The summed E-state index contributed by atoms with van der Waals surface area (Å²) < 4.78 is 1.23. The number of nitrogens with zero attached hydrogens (tertiary/aromatic N) is 1. The fourth-order valence-corrected chi connectivity index (χ4v) is 6.53. The van der Waals surface area contributed by atoms with Crippen molar-refractivity contribution in [3.05, 3.63) is 92.4 Å². The van der Waals surface area contributed by atoms with Crippen LogP contribution in [-0.4, -0.2) is 34.3 Å². The standard InChI is InChI=1S/C35H42Br2N2O4/c1-2-3-4-5-6-7-8-9-10-16-21-38-33(40)28-22-31(36)30(32(37)23-28)25-39(34(41)35(42)43)24-27-19-14-15-20-29(27)26-17-12-11-13-18-26/h11-15,17-20,22-23H,2-10,16,21,24-25H2,1H3,(H,38,40)(H,42,43). The fourth-order valence-electron chi connectivity index (χ4n) is 5.09. The summed E-state index contributed by atoms with van der Waals surface area (Å²) in [7, 11) is 0. The Morgan fingerprint density at radius 2 is 1.30 bits per heavy atom. The molecule has 6 nitrogen and oxygen atoms in total. The van der Waals surface area contributed by atoms with Crippen LogP contribution >= 0.6 is 31.9 Å². The van der Waals surface area contributed by atoms with Crippen molar-refractivity contribution in [2.24, 2.45) is 0 Å². The van der Waals surface area contributed by atoms with Gasteiger partial charge in [-0.3, -0.25) is 9.59 Å². The molecule has 0 aliphatic heterocycles. The van der Waals surface area contributed by atoms with Gasteiger partial charge in [-0.1, -0.05) is 151 Å². The van der Waals surface area contributed by atoms with E-state index < -0.39 is 11.9 Å². The van der Waals surface area contributed by atoms with Crippen molar-refractivity contribution in [2.45, 2.75) is 84.2 Å². The van der Waals surface area contributed by atoms with Gasteiger partial charge in [-0.25, -0.2) is 4.79 Å². The van der Waals surface area contributed by atoms with E-state index in [1.165, 1.54) is 56.3 Å². The Bertz CT molecular complexity index is 1320. The van der Waals surface area contributed by atoms with E-state index in [4.69, 9.17) is 0 Å². The molecule has 3 aromatic carbocycles. The number of carbonyl (C=O) groups excluding carboxylic acids is 2. The third-order valence-corrected chi connectivity index (χ3v) is 8.92. The minimum atomic E-state index is -1.52. The number of carbonyl (C=O) groups is 3. The molecular formula is C35H42Br2N2O4. The highest BCUT2D eigenvalue weighted by Crippen LogP contribution is 2.31. The van der Waals surface area contributed by atoms with Gasteiger partial charge >= 0.3 is 11.9 Å². The second-order valence-corrected chi connectivity index (χ2v) is 12.6. The van der Waals surface area contributed by atoms with E-state index in [0.29, 0.717) is 26.6 Å². The molecule has 230 valence electrons. The summed E-state index contributed by atoms with van der Waals surface area (Å²) in [5.74, 6) is -2.69. The number of benzene rings is 3. The van der Waals surface area contributed by atoms with Crippen molar-refractivity contribution < 1.29 is 19.5 Å². The molecule has 0 heterocycles. The Morgan fingerprint density at radius 1 is 0.744 bits per heavy atom. The summed E-state index contributed by atoms with van der Waals surface area (Å²) in [5.41, 5.74) is 3.91. The number of halogens is 2. The second kappa shape index (κ2) is 18.6. The van der Waals surface area contributed by atoms with Crippen molar-refractivity contribution in [2.75, 3.05) is 6.54 Å². The van der Waals surface area contributed by atoms with Gasteiger partial charge in [0.1, 0.15) is 0 Å². The molecular weight excluding hydrogens is 672 g/mol. The first-order valence-electron chi connectivity index (χ1n) is 15.2. The van der Waals surface area contributed by atoms with Crippen molar-refractivity contribution in [3.63, 3.8) is 0 Å². The van der Waals surface area contributed by atoms with E-state index >= 15 is 0 Å². The highest BCUT2D eigenvalue weighted by atomic mass is 79.9. The average molecular weight is 715 g/mol. The third-order valence-electron chi connectivity index (χ3n) is 7.50. The molecule has 3 rings (SSSR count). The van der Waals surface area contributed by atoms with Crippen LogP contribution in [0.5, 0.6) is 0 Å². The Hall–Kier alpha value is -2.97. The molecule has 2 N–H and O–H groups in total. The Morgan fingerprint density at radius 3 is 1.91 bits per heavy atom. The van der Waals surface area contributed by atoms with E-state index in [2.05, 4.69) is 44.1 Å². The zero-order chi connectivity index (χ0) is 31.0.